The summed E-state index contributed by atoms with van der Waals surface area (Å²) in [5.74, 6) is 0.265. The average molecular weight is 416 g/mol. The molecule has 0 amide bonds. The molecule has 0 saturated carbocycles. The molecule has 0 spiro atoms. The molecule has 0 fully saturated rings. The molecule has 0 radical (unpaired) electrons. The van der Waals surface area contributed by atoms with Gasteiger partial charge in [-0.15, -0.1) is 11.3 Å². The highest BCUT2D eigenvalue weighted by atomic mass is 35.5. The Morgan fingerprint density at radius 3 is 2.52 bits per heavy atom. The third kappa shape index (κ3) is 5.32. The normalized spacial score (nSPS) is 11.8. The topological polar surface area (TPSA) is 14.2 Å². The average Bonchev–Trinajstić information content (AvgIpc) is 3.03. The van der Waals surface area contributed by atoms with Gasteiger partial charge in [0.25, 0.3) is 0 Å². The molecule has 27 heavy (non-hydrogen) atoms. The lowest BCUT2D eigenvalue weighted by Gasteiger charge is -2.18. The Hall–Kier alpha value is -1.88. The molecular formula is C22H22ClNOS2. The molecule has 0 aliphatic rings. The van der Waals surface area contributed by atoms with Crippen LogP contribution in [0.1, 0.15) is 31.7 Å². The molecule has 0 aliphatic heterocycles. The van der Waals surface area contributed by atoms with E-state index in [0.717, 1.165) is 17.7 Å². The fraction of sp³-hybridized carbons (Fsp3) is 0.227. The van der Waals surface area contributed by atoms with E-state index in [0.29, 0.717) is 15.6 Å². The minimum Gasteiger partial charge on any atom is -0.411 e. The highest BCUT2D eigenvalue weighted by Gasteiger charge is 2.14. The van der Waals surface area contributed by atoms with E-state index in [1.165, 1.54) is 22.5 Å². The zero-order valence-corrected chi connectivity index (χ0v) is 17.8. The summed E-state index contributed by atoms with van der Waals surface area (Å²) in [5.41, 5.74) is 4.57. The number of nitrogens with zero attached hydrogens (tertiary/aromatic N) is 1. The van der Waals surface area contributed by atoms with Crippen LogP contribution in [0, 0.1) is 3.95 Å². The number of benzene rings is 2. The van der Waals surface area contributed by atoms with Crippen LogP contribution >= 0.6 is 35.2 Å². The SMILES string of the molecule is CC(C)=CCC(COn1c(-c2ccc(Cl)cc2)csc1=S)c1ccccc1. The molecule has 3 aromatic rings. The Labute approximate surface area is 174 Å². The number of thiazole rings is 1. The Bertz CT molecular complexity index is 954. The van der Waals surface area contributed by atoms with E-state index in [4.69, 9.17) is 28.7 Å². The van der Waals surface area contributed by atoms with Crippen LogP contribution in [0.2, 0.25) is 5.02 Å². The summed E-state index contributed by atoms with van der Waals surface area (Å²) < 4.78 is 2.47. The van der Waals surface area contributed by atoms with E-state index in [2.05, 4.69) is 44.2 Å². The van der Waals surface area contributed by atoms with Gasteiger partial charge in [0.05, 0.1) is 5.69 Å². The van der Waals surface area contributed by atoms with Gasteiger partial charge in [-0.2, -0.15) is 4.73 Å². The fourth-order valence-corrected chi connectivity index (χ4v) is 3.91. The molecule has 1 unspecified atom stereocenters. The lowest BCUT2D eigenvalue weighted by atomic mass is 9.96. The number of hydrogen-bond donors (Lipinski definition) is 0. The van der Waals surface area contributed by atoms with E-state index in [1.807, 2.05) is 35.7 Å². The number of hydrogen-bond acceptors (Lipinski definition) is 3. The summed E-state index contributed by atoms with van der Waals surface area (Å²) in [5, 5.41) is 2.74. The quantitative estimate of drug-likeness (QED) is 0.300. The molecule has 0 N–H and O–H groups in total. The van der Waals surface area contributed by atoms with Gasteiger partial charge in [0.1, 0.15) is 6.61 Å². The Kier molecular flexibility index (Phi) is 6.89. The maximum atomic E-state index is 6.20. The Morgan fingerprint density at radius 1 is 1.15 bits per heavy atom. The molecule has 3 rings (SSSR count). The zero-order valence-electron chi connectivity index (χ0n) is 15.4. The van der Waals surface area contributed by atoms with Gasteiger partial charge in [-0.05, 0) is 50.2 Å². The highest BCUT2D eigenvalue weighted by molar-refractivity contribution is 7.73. The van der Waals surface area contributed by atoms with Crippen LogP contribution in [-0.2, 0) is 0 Å². The molecule has 5 heteroatoms. The summed E-state index contributed by atoms with van der Waals surface area (Å²) in [7, 11) is 0. The monoisotopic (exact) mass is 415 g/mol. The smallest absolute Gasteiger partial charge is 0.197 e. The molecule has 1 heterocycles. The van der Waals surface area contributed by atoms with Crippen LogP contribution in [0.25, 0.3) is 11.3 Å². The first-order chi connectivity index (χ1) is 13.0. The van der Waals surface area contributed by atoms with Crippen LogP contribution < -0.4 is 4.84 Å². The standard InChI is InChI=1S/C22H22ClNOS2/c1-16(2)8-9-19(17-6-4-3-5-7-17)14-25-24-21(15-27-22(24)26)18-10-12-20(23)13-11-18/h3-8,10-13,15,19H,9,14H2,1-2H3. The molecular weight excluding hydrogens is 394 g/mol. The third-order valence-corrected chi connectivity index (χ3v) is 5.70. The van der Waals surface area contributed by atoms with Gasteiger partial charge in [-0.3, -0.25) is 0 Å². The molecule has 140 valence electrons. The number of rotatable bonds is 7. The fourth-order valence-electron chi connectivity index (χ4n) is 2.80. The molecule has 1 atom stereocenters. The van der Waals surface area contributed by atoms with Crippen LogP contribution in [-0.4, -0.2) is 11.3 Å². The first kappa shape index (κ1) is 19.9. The highest BCUT2D eigenvalue weighted by Crippen LogP contribution is 2.26. The predicted octanol–water partition coefficient (Wildman–Crippen LogP) is 7.17. The van der Waals surface area contributed by atoms with Gasteiger partial charge in [-0.1, -0.05) is 65.7 Å². The second-order valence-electron chi connectivity index (χ2n) is 6.61. The van der Waals surface area contributed by atoms with Crippen molar-refractivity contribution in [1.82, 2.24) is 4.73 Å². The molecule has 2 aromatic carbocycles. The van der Waals surface area contributed by atoms with Gasteiger partial charge in [0, 0.05) is 21.9 Å². The minimum atomic E-state index is 0.265. The maximum absolute atomic E-state index is 6.20. The summed E-state index contributed by atoms with van der Waals surface area (Å²) in [4.78, 5) is 6.20. The number of halogens is 1. The van der Waals surface area contributed by atoms with Crippen molar-refractivity contribution in [3.05, 3.63) is 86.2 Å². The van der Waals surface area contributed by atoms with Crippen LogP contribution in [0.4, 0.5) is 0 Å². The number of aromatic nitrogens is 1. The van der Waals surface area contributed by atoms with Gasteiger partial charge in [0.2, 0.25) is 0 Å². The molecule has 0 aliphatic carbocycles. The lowest BCUT2D eigenvalue weighted by Crippen LogP contribution is -2.19. The zero-order chi connectivity index (χ0) is 19.2. The second-order valence-corrected chi connectivity index (χ2v) is 8.55. The van der Waals surface area contributed by atoms with Crippen molar-refractivity contribution in [2.45, 2.75) is 26.2 Å². The summed E-state index contributed by atoms with van der Waals surface area (Å²) in [6, 6.07) is 18.2. The lowest BCUT2D eigenvalue weighted by molar-refractivity contribution is 0.100. The van der Waals surface area contributed by atoms with Gasteiger partial charge in [0.15, 0.2) is 3.95 Å². The Morgan fingerprint density at radius 2 is 1.85 bits per heavy atom. The van der Waals surface area contributed by atoms with E-state index in [1.54, 1.807) is 4.73 Å². The molecule has 0 saturated heterocycles. The minimum absolute atomic E-state index is 0.265. The van der Waals surface area contributed by atoms with Crippen LogP contribution in [0.3, 0.4) is 0 Å². The van der Waals surface area contributed by atoms with Crippen molar-refractivity contribution in [3.63, 3.8) is 0 Å². The van der Waals surface area contributed by atoms with Crippen LogP contribution in [0.5, 0.6) is 0 Å². The molecule has 0 bridgehead atoms. The first-order valence-electron chi connectivity index (χ1n) is 8.82. The first-order valence-corrected chi connectivity index (χ1v) is 10.5. The van der Waals surface area contributed by atoms with Crippen molar-refractivity contribution in [2.24, 2.45) is 0 Å². The van der Waals surface area contributed by atoms with Crippen molar-refractivity contribution >= 4 is 35.2 Å². The maximum Gasteiger partial charge on any atom is 0.197 e. The number of allylic oxidation sites excluding steroid dienone is 2. The summed E-state index contributed by atoms with van der Waals surface area (Å²) in [6.07, 6.45) is 3.19. The van der Waals surface area contributed by atoms with Gasteiger partial charge in [-0.25, -0.2) is 0 Å². The van der Waals surface area contributed by atoms with Crippen molar-refractivity contribution in [1.29, 1.82) is 0 Å². The van der Waals surface area contributed by atoms with E-state index in [-0.39, 0.29) is 5.92 Å². The third-order valence-electron chi connectivity index (χ3n) is 4.28. The van der Waals surface area contributed by atoms with Gasteiger partial charge < -0.3 is 4.84 Å². The largest absolute Gasteiger partial charge is 0.411 e. The second kappa shape index (κ2) is 9.36. The van der Waals surface area contributed by atoms with Gasteiger partial charge >= 0.3 is 0 Å². The van der Waals surface area contributed by atoms with E-state index in [9.17, 15) is 0 Å². The van der Waals surface area contributed by atoms with E-state index < -0.39 is 0 Å². The molecule has 2 nitrogen and oxygen atoms in total. The predicted molar refractivity (Wildman–Crippen MR) is 118 cm³/mol. The Balaban J connectivity index is 1.83. The van der Waals surface area contributed by atoms with E-state index >= 15 is 0 Å². The van der Waals surface area contributed by atoms with Crippen LogP contribution in [0.15, 0.2) is 71.6 Å². The molecule has 1 aromatic heterocycles. The summed E-state index contributed by atoms with van der Waals surface area (Å²) >= 11 is 13.0. The van der Waals surface area contributed by atoms with Crippen molar-refractivity contribution in [2.75, 3.05) is 6.61 Å². The summed E-state index contributed by atoms with van der Waals surface area (Å²) in [6.45, 7) is 4.80. The van der Waals surface area contributed by atoms with Crippen molar-refractivity contribution < 1.29 is 4.84 Å². The van der Waals surface area contributed by atoms with Crippen molar-refractivity contribution in [3.8, 4) is 11.3 Å².